The number of dihydropyridines is 1. The lowest BCUT2D eigenvalue weighted by atomic mass is 10.0. The second-order valence-electron chi connectivity index (χ2n) is 8.98. The number of likely N-dealkylation sites (N-methyl/N-ethyl adjacent to an activating group) is 1. The van der Waals surface area contributed by atoms with Crippen LogP contribution in [0.3, 0.4) is 0 Å². The maximum absolute atomic E-state index is 12.1. The van der Waals surface area contributed by atoms with Gasteiger partial charge in [-0.25, -0.2) is 10.5 Å². The highest BCUT2D eigenvalue weighted by atomic mass is 16.6. The van der Waals surface area contributed by atoms with Crippen LogP contribution in [-0.4, -0.2) is 75.1 Å². The number of allylic oxidation sites excluding steroid dienone is 1. The first kappa shape index (κ1) is 25.7. The zero-order valence-corrected chi connectivity index (χ0v) is 21.4. The Hall–Kier alpha value is -3.43. The lowest BCUT2D eigenvalue weighted by Gasteiger charge is -2.34. The number of piperazine rings is 1. The number of anilines is 2. The molecule has 0 aliphatic carbocycles. The summed E-state index contributed by atoms with van der Waals surface area (Å²) in [6, 6.07) is 9.69. The van der Waals surface area contributed by atoms with Crippen LogP contribution in [0.1, 0.15) is 35.7 Å². The Morgan fingerprint density at radius 3 is 2.58 bits per heavy atom. The zero-order valence-electron chi connectivity index (χ0n) is 21.4. The van der Waals surface area contributed by atoms with Crippen molar-refractivity contribution in [2.45, 2.75) is 32.4 Å². The molecule has 0 saturated carbocycles. The number of aromatic nitrogens is 1. The highest BCUT2D eigenvalue weighted by Gasteiger charge is 2.17. The number of methoxy groups -OCH3 is 1. The summed E-state index contributed by atoms with van der Waals surface area (Å²) in [6.45, 7) is 7.54. The van der Waals surface area contributed by atoms with E-state index in [1.54, 1.807) is 13.2 Å². The van der Waals surface area contributed by atoms with E-state index in [1.165, 1.54) is 12.7 Å². The van der Waals surface area contributed by atoms with Crippen LogP contribution in [0.15, 0.2) is 53.2 Å². The van der Waals surface area contributed by atoms with E-state index >= 15 is 0 Å². The number of hydrogen-bond donors (Lipinski definition) is 2. The van der Waals surface area contributed by atoms with Gasteiger partial charge in [-0.2, -0.15) is 0 Å². The Kier molecular flexibility index (Phi) is 8.91. The summed E-state index contributed by atoms with van der Waals surface area (Å²) in [4.78, 5) is 31.1. The number of aryl methyl sites for hydroxylation is 1. The standard InChI is InChI=1S/C27H36N6O3/c1-4-32-11-13-33(14-12-32)26-10-8-23(19-29-26)30-25-9-7-20(18-28-25)5-6-21-15-22(27(34)31-36-3)17-24(16-21)35-2/h7-8,10,15-19,25,30H,4-6,9,11-14H2,1-3H3,(H,31,34). The molecule has 2 aliphatic heterocycles. The Balaban J connectivity index is 1.27. The average molecular weight is 493 g/mol. The first-order valence-electron chi connectivity index (χ1n) is 12.5. The first-order valence-corrected chi connectivity index (χ1v) is 12.5. The van der Waals surface area contributed by atoms with Gasteiger partial charge in [0.05, 0.1) is 26.1 Å². The number of benzene rings is 1. The third-order valence-electron chi connectivity index (χ3n) is 6.61. The highest BCUT2D eigenvalue weighted by molar-refractivity contribution is 5.94. The van der Waals surface area contributed by atoms with Crippen molar-refractivity contribution < 1.29 is 14.4 Å². The molecule has 2 aliphatic rings. The molecule has 1 unspecified atom stereocenters. The molecule has 1 atom stereocenters. The molecule has 9 nitrogen and oxygen atoms in total. The summed E-state index contributed by atoms with van der Waals surface area (Å²) < 4.78 is 5.36. The number of carbonyl (C=O) groups is 1. The van der Waals surface area contributed by atoms with Gasteiger partial charge in [0.1, 0.15) is 17.7 Å². The molecule has 1 aromatic heterocycles. The number of nitrogens with zero attached hydrogens (tertiary/aromatic N) is 4. The fourth-order valence-electron chi connectivity index (χ4n) is 4.46. The van der Waals surface area contributed by atoms with Crippen molar-refractivity contribution in [3.05, 3.63) is 59.3 Å². The summed E-state index contributed by atoms with van der Waals surface area (Å²) in [5, 5.41) is 3.46. The summed E-state index contributed by atoms with van der Waals surface area (Å²) in [6.07, 6.45) is 8.47. The van der Waals surface area contributed by atoms with Gasteiger partial charge in [-0.1, -0.05) is 13.0 Å². The predicted molar refractivity (Wildman–Crippen MR) is 143 cm³/mol. The van der Waals surface area contributed by atoms with E-state index in [1.807, 2.05) is 24.5 Å². The number of carbonyl (C=O) groups excluding carboxylic acids is 1. The maximum Gasteiger partial charge on any atom is 0.274 e. The molecule has 0 radical (unpaired) electrons. The van der Waals surface area contributed by atoms with Crippen LogP contribution in [-0.2, 0) is 11.3 Å². The molecule has 36 heavy (non-hydrogen) atoms. The van der Waals surface area contributed by atoms with E-state index in [0.717, 1.165) is 69.1 Å². The Morgan fingerprint density at radius 1 is 1.11 bits per heavy atom. The second-order valence-corrected chi connectivity index (χ2v) is 8.98. The number of rotatable bonds is 10. The first-order chi connectivity index (χ1) is 17.6. The molecule has 0 spiro atoms. The van der Waals surface area contributed by atoms with Gasteiger partial charge in [0, 0.05) is 44.4 Å². The van der Waals surface area contributed by atoms with Gasteiger partial charge < -0.3 is 19.9 Å². The Labute approximate surface area is 213 Å². The summed E-state index contributed by atoms with van der Waals surface area (Å²) in [5.74, 6) is 1.38. The van der Waals surface area contributed by atoms with Gasteiger partial charge in [-0.15, -0.1) is 0 Å². The van der Waals surface area contributed by atoms with Crippen molar-refractivity contribution in [2.75, 3.05) is 57.2 Å². The molecule has 2 N–H and O–H groups in total. The van der Waals surface area contributed by atoms with E-state index in [2.05, 4.69) is 50.7 Å². The number of pyridine rings is 1. The SMILES string of the molecule is CCN1CCN(c2ccc(NC3CC=C(CCc4cc(OC)cc(C(=O)NOC)c4)C=N3)cn2)CC1. The van der Waals surface area contributed by atoms with Gasteiger partial charge in [-0.3, -0.25) is 14.6 Å². The quantitative estimate of drug-likeness (QED) is 0.492. The molecule has 0 bridgehead atoms. The number of amides is 1. The number of ether oxygens (including phenoxy) is 1. The molecule has 192 valence electrons. The van der Waals surface area contributed by atoms with Crippen molar-refractivity contribution in [1.82, 2.24) is 15.4 Å². The lowest BCUT2D eigenvalue weighted by molar-refractivity contribution is 0.0537. The third kappa shape index (κ3) is 6.83. The largest absolute Gasteiger partial charge is 0.497 e. The smallest absolute Gasteiger partial charge is 0.274 e. The van der Waals surface area contributed by atoms with Gasteiger partial charge >= 0.3 is 0 Å². The van der Waals surface area contributed by atoms with Crippen LogP contribution in [0.5, 0.6) is 5.75 Å². The molecule has 9 heteroatoms. The van der Waals surface area contributed by atoms with E-state index in [9.17, 15) is 4.79 Å². The predicted octanol–water partition coefficient (Wildman–Crippen LogP) is 3.30. The maximum atomic E-state index is 12.1. The summed E-state index contributed by atoms with van der Waals surface area (Å²) in [7, 11) is 3.01. The van der Waals surface area contributed by atoms with E-state index in [4.69, 9.17) is 14.6 Å². The second kappa shape index (κ2) is 12.5. The zero-order chi connectivity index (χ0) is 25.3. The van der Waals surface area contributed by atoms with Gasteiger partial charge in [0.2, 0.25) is 0 Å². The Bertz CT molecular complexity index is 1080. The minimum atomic E-state index is -0.299. The summed E-state index contributed by atoms with van der Waals surface area (Å²) in [5.41, 5.74) is 6.03. The minimum absolute atomic E-state index is 0.00402. The van der Waals surface area contributed by atoms with Crippen molar-refractivity contribution >= 4 is 23.6 Å². The number of hydrogen-bond acceptors (Lipinski definition) is 8. The summed E-state index contributed by atoms with van der Waals surface area (Å²) >= 11 is 0. The Morgan fingerprint density at radius 2 is 1.94 bits per heavy atom. The molecular formula is C27H36N6O3. The number of hydroxylamine groups is 1. The lowest BCUT2D eigenvalue weighted by Crippen LogP contribution is -2.46. The number of aliphatic imine (C=N–C) groups is 1. The fraction of sp³-hybridized carbons (Fsp3) is 0.444. The molecule has 1 aromatic carbocycles. The van der Waals surface area contributed by atoms with Crippen molar-refractivity contribution in [1.29, 1.82) is 0 Å². The van der Waals surface area contributed by atoms with E-state index < -0.39 is 0 Å². The average Bonchev–Trinajstić information content (AvgIpc) is 2.93. The van der Waals surface area contributed by atoms with Crippen LogP contribution >= 0.6 is 0 Å². The van der Waals surface area contributed by atoms with Gasteiger partial charge in [0.25, 0.3) is 5.91 Å². The molecule has 1 fully saturated rings. The molecule has 1 saturated heterocycles. The van der Waals surface area contributed by atoms with Crippen LogP contribution in [0.2, 0.25) is 0 Å². The van der Waals surface area contributed by atoms with E-state index in [-0.39, 0.29) is 12.1 Å². The van der Waals surface area contributed by atoms with Crippen LogP contribution in [0.25, 0.3) is 0 Å². The normalized spacial score (nSPS) is 18.0. The number of nitrogens with one attached hydrogen (secondary N) is 2. The molecular weight excluding hydrogens is 456 g/mol. The van der Waals surface area contributed by atoms with Crippen molar-refractivity contribution in [3.8, 4) is 5.75 Å². The highest BCUT2D eigenvalue weighted by Crippen LogP contribution is 2.22. The van der Waals surface area contributed by atoms with Crippen LogP contribution in [0, 0.1) is 0 Å². The molecule has 2 aromatic rings. The molecule has 4 rings (SSSR count). The van der Waals surface area contributed by atoms with Gasteiger partial charge in [-0.05, 0) is 60.9 Å². The third-order valence-corrected chi connectivity index (χ3v) is 6.61. The van der Waals surface area contributed by atoms with Crippen LogP contribution in [0.4, 0.5) is 11.5 Å². The minimum Gasteiger partial charge on any atom is -0.497 e. The molecule has 3 heterocycles. The fourth-order valence-corrected chi connectivity index (χ4v) is 4.46. The topological polar surface area (TPSA) is 91.3 Å². The van der Waals surface area contributed by atoms with E-state index in [0.29, 0.717) is 11.3 Å². The van der Waals surface area contributed by atoms with Gasteiger partial charge in [0.15, 0.2) is 0 Å². The van der Waals surface area contributed by atoms with Crippen molar-refractivity contribution in [3.63, 3.8) is 0 Å². The van der Waals surface area contributed by atoms with Crippen LogP contribution < -0.4 is 20.4 Å². The monoisotopic (exact) mass is 492 g/mol. The molecule has 1 amide bonds. The van der Waals surface area contributed by atoms with Crippen molar-refractivity contribution in [2.24, 2.45) is 4.99 Å².